The van der Waals surface area contributed by atoms with Crippen LogP contribution in [0.25, 0.3) is 22.2 Å². The van der Waals surface area contributed by atoms with Gasteiger partial charge in [0.25, 0.3) is 0 Å². The van der Waals surface area contributed by atoms with E-state index in [1.165, 1.54) is 16.4 Å². The average molecular weight is 343 g/mol. The summed E-state index contributed by atoms with van der Waals surface area (Å²) in [6.07, 6.45) is 3.60. The first-order chi connectivity index (χ1) is 11.6. The van der Waals surface area contributed by atoms with Gasteiger partial charge in [-0.2, -0.15) is 0 Å². The summed E-state index contributed by atoms with van der Waals surface area (Å²) in [4.78, 5) is 8.65. The Morgan fingerprint density at radius 3 is 2.38 bits per heavy atom. The van der Waals surface area contributed by atoms with Crippen molar-refractivity contribution in [2.24, 2.45) is 0 Å². The smallest absolute Gasteiger partial charge is 0.189 e. The molecule has 0 bridgehead atoms. The molecule has 0 saturated heterocycles. The molecular weight excluding hydrogens is 326 g/mol. The first kappa shape index (κ1) is 16.1. The molecule has 3 aromatic rings. The predicted molar refractivity (Wildman–Crippen MR) is 93.9 cm³/mol. The topological polar surface area (TPSA) is 99.0 Å². The third-order valence-corrected chi connectivity index (χ3v) is 4.20. The monoisotopic (exact) mass is 343 g/mol. The average Bonchev–Trinajstić information content (AvgIpc) is 2.63. The van der Waals surface area contributed by atoms with E-state index in [4.69, 9.17) is 20.7 Å². The van der Waals surface area contributed by atoms with E-state index < -0.39 is 0 Å². The summed E-state index contributed by atoms with van der Waals surface area (Å²) in [6, 6.07) is 7.29. The molecule has 0 saturated carbocycles. The van der Waals surface area contributed by atoms with Gasteiger partial charge < -0.3 is 15.3 Å². The lowest BCUT2D eigenvalue weighted by Crippen LogP contribution is -2.29. The molecule has 1 aromatic carbocycles. The molecule has 0 aliphatic heterocycles. The maximum atomic E-state index is 8.39. The second-order valence-electron chi connectivity index (χ2n) is 5.01. The van der Waals surface area contributed by atoms with Gasteiger partial charge in [-0.25, -0.2) is 14.6 Å². The van der Waals surface area contributed by atoms with Crippen LogP contribution >= 0.6 is 11.8 Å². The molecule has 8 heteroatoms. The zero-order chi connectivity index (χ0) is 17.3. The summed E-state index contributed by atoms with van der Waals surface area (Å²) in [6.45, 7) is 0. The molecule has 0 atom stereocenters. The number of aromatic nitrogens is 3. The van der Waals surface area contributed by atoms with E-state index in [0.717, 1.165) is 10.9 Å². The van der Waals surface area contributed by atoms with Crippen LogP contribution in [-0.4, -0.2) is 35.1 Å². The Labute approximate surface area is 142 Å². The number of hydrogen-bond donors (Lipinski definition) is 2. The van der Waals surface area contributed by atoms with Gasteiger partial charge >= 0.3 is 0 Å². The van der Waals surface area contributed by atoms with E-state index >= 15 is 0 Å². The molecule has 124 valence electrons. The fraction of sp³-hybridized carbons (Fsp3) is 0.188. The molecule has 3 N–H and O–H groups in total. The number of thioether (sulfide) groups is 1. The molecule has 2 heterocycles. The standard InChI is InChI=1S/C16H17N5O2S/c1-22-11-4-9(5-12(7-11)23-2)13-6-10-8-19-16(24-3)20-15(10)21(18)14(13)17/h4-8,17H,18H2,1-3H3. The highest BCUT2D eigenvalue weighted by Crippen LogP contribution is 2.29. The van der Waals surface area contributed by atoms with Gasteiger partial charge in [0.15, 0.2) is 16.3 Å². The van der Waals surface area contributed by atoms with Crippen LogP contribution in [0.1, 0.15) is 0 Å². The van der Waals surface area contributed by atoms with Crippen LogP contribution in [0.2, 0.25) is 0 Å². The quantitative estimate of drug-likeness (QED) is 0.427. The van der Waals surface area contributed by atoms with Crippen molar-refractivity contribution in [3.63, 3.8) is 0 Å². The number of nitrogen functional groups attached to an aromatic ring is 1. The minimum absolute atomic E-state index is 0.142. The maximum absolute atomic E-state index is 8.39. The van der Waals surface area contributed by atoms with Crippen LogP contribution in [0.4, 0.5) is 0 Å². The largest absolute Gasteiger partial charge is 0.497 e. The zero-order valence-electron chi connectivity index (χ0n) is 13.5. The van der Waals surface area contributed by atoms with Crippen molar-refractivity contribution in [3.05, 3.63) is 36.0 Å². The number of ether oxygens (including phenoxy) is 2. The zero-order valence-corrected chi connectivity index (χ0v) is 14.3. The lowest BCUT2D eigenvalue weighted by molar-refractivity contribution is 0.394. The van der Waals surface area contributed by atoms with Gasteiger partial charge in [0.05, 0.1) is 14.2 Å². The van der Waals surface area contributed by atoms with Gasteiger partial charge in [0.2, 0.25) is 0 Å². The summed E-state index contributed by atoms with van der Waals surface area (Å²) < 4.78 is 11.9. The fourth-order valence-electron chi connectivity index (χ4n) is 2.40. The summed E-state index contributed by atoms with van der Waals surface area (Å²) in [5, 5.41) is 9.75. The second kappa shape index (κ2) is 6.40. The van der Waals surface area contributed by atoms with Crippen LogP contribution in [0.15, 0.2) is 35.6 Å². The van der Waals surface area contributed by atoms with E-state index in [0.29, 0.717) is 27.9 Å². The first-order valence-corrected chi connectivity index (χ1v) is 8.29. The van der Waals surface area contributed by atoms with E-state index in [1.54, 1.807) is 26.5 Å². The number of nitrogens with one attached hydrogen (secondary N) is 1. The summed E-state index contributed by atoms with van der Waals surface area (Å²) in [5.41, 5.74) is 2.07. The van der Waals surface area contributed by atoms with Crippen LogP contribution < -0.4 is 20.8 Å². The van der Waals surface area contributed by atoms with Crippen LogP contribution in [0.3, 0.4) is 0 Å². The summed E-state index contributed by atoms with van der Waals surface area (Å²) in [7, 11) is 3.17. The van der Waals surface area contributed by atoms with Crippen LogP contribution in [-0.2, 0) is 0 Å². The number of nitrogens with zero attached hydrogens (tertiary/aromatic N) is 3. The first-order valence-electron chi connectivity index (χ1n) is 7.07. The summed E-state index contributed by atoms with van der Waals surface area (Å²) >= 11 is 1.42. The normalized spacial score (nSPS) is 10.8. The third-order valence-electron chi connectivity index (χ3n) is 3.64. The van der Waals surface area contributed by atoms with Crippen molar-refractivity contribution >= 4 is 22.8 Å². The Morgan fingerprint density at radius 2 is 1.79 bits per heavy atom. The van der Waals surface area contributed by atoms with Crippen molar-refractivity contribution in [1.82, 2.24) is 14.6 Å². The van der Waals surface area contributed by atoms with Crippen LogP contribution in [0.5, 0.6) is 11.5 Å². The molecule has 0 unspecified atom stereocenters. The molecule has 0 aliphatic rings. The number of rotatable bonds is 4. The number of nitrogens with two attached hydrogens (primary N) is 1. The van der Waals surface area contributed by atoms with Gasteiger partial charge in [0.1, 0.15) is 11.5 Å². The number of fused-ring (bicyclic) bond motifs is 1. The van der Waals surface area contributed by atoms with Gasteiger partial charge in [-0.3, -0.25) is 5.41 Å². The Kier molecular flexibility index (Phi) is 4.30. The van der Waals surface area contributed by atoms with Crippen LogP contribution in [0, 0.1) is 5.41 Å². The molecule has 0 aliphatic carbocycles. The van der Waals surface area contributed by atoms with Gasteiger partial charge in [-0.1, -0.05) is 11.8 Å². The highest BCUT2D eigenvalue weighted by atomic mass is 32.2. The Balaban J connectivity index is 2.27. The Bertz CT molecular complexity index is 948. The molecule has 0 spiro atoms. The fourth-order valence-corrected chi connectivity index (χ4v) is 2.74. The van der Waals surface area contributed by atoms with Crippen molar-refractivity contribution in [3.8, 4) is 22.6 Å². The third kappa shape index (κ3) is 2.76. The van der Waals surface area contributed by atoms with Gasteiger partial charge in [-0.05, 0) is 30.0 Å². The molecule has 3 rings (SSSR count). The molecule has 7 nitrogen and oxygen atoms in total. The molecule has 24 heavy (non-hydrogen) atoms. The van der Waals surface area contributed by atoms with Crippen molar-refractivity contribution in [2.45, 2.75) is 5.16 Å². The lowest BCUT2D eigenvalue weighted by Gasteiger charge is -2.12. The molecular formula is C16H17N5O2S. The molecule has 2 aromatic heterocycles. The van der Waals surface area contributed by atoms with E-state index in [1.807, 2.05) is 24.5 Å². The highest BCUT2D eigenvalue weighted by Gasteiger charge is 2.12. The SMILES string of the molecule is COc1cc(OC)cc(-c2cc3cnc(SC)nc3n(N)c2=N)c1. The van der Waals surface area contributed by atoms with Crippen molar-refractivity contribution in [1.29, 1.82) is 5.41 Å². The number of benzene rings is 1. The van der Waals surface area contributed by atoms with E-state index in [-0.39, 0.29) is 5.49 Å². The predicted octanol–water partition coefficient (Wildman–Crippen LogP) is 2.03. The van der Waals surface area contributed by atoms with Crippen molar-refractivity contribution < 1.29 is 9.47 Å². The minimum Gasteiger partial charge on any atom is -0.497 e. The molecule has 0 fully saturated rings. The Morgan fingerprint density at radius 1 is 1.12 bits per heavy atom. The molecule has 0 radical (unpaired) electrons. The highest BCUT2D eigenvalue weighted by molar-refractivity contribution is 7.98. The Hall–Kier alpha value is -2.74. The molecule has 0 amide bonds. The minimum atomic E-state index is 0.142. The van der Waals surface area contributed by atoms with E-state index in [2.05, 4.69) is 9.97 Å². The summed E-state index contributed by atoms with van der Waals surface area (Å²) in [5.74, 6) is 7.37. The van der Waals surface area contributed by atoms with E-state index in [9.17, 15) is 0 Å². The van der Waals surface area contributed by atoms with Crippen molar-refractivity contribution in [2.75, 3.05) is 26.3 Å². The maximum Gasteiger partial charge on any atom is 0.189 e. The van der Waals surface area contributed by atoms with Gasteiger partial charge in [-0.15, -0.1) is 0 Å². The number of pyridine rings is 1. The van der Waals surface area contributed by atoms with Gasteiger partial charge in [0, 0.05) is 23.2 Å². The second-order valence-corrected chi connectivity index (χ2v) is 5.79. The number of methoxy groups -OCH3 is 2. The lowest BCUT2D eigenvalue weighted by atomic mass is 10.1. The number of hydrogen-bond acceptors (Lipinski definition) is 7.